The van der Waals surface area contributed by atoms with Gasteiger partial charge in [0.25, 0.3) is 0 Å². The maximum atomic E-state index is 8.70. The number of rotatable bonds is 3. The molecule has 0 heterocycles. The predicted molar refractivity (Wildman–Crippen MR) is 137 cm³/mol. The van der Waals surface area contributed by atoms with Gasteiger partial charge in [-0.2, -0.15) is 0 Å². The van der Waals surface area contributed by atoms with Crippen molar-refractivity contribution in [1.82, 2.24) is 0 Å². The van der Waals surface area contributed by atoms with E-state index in [-0.39, 0.29) is 5.84 Å². The highest BCUT2D eigenvalue weighted by atomic mass is 35.5. The molecule has 0 saturated carbocycles. The Hall–Kier alpha value is -2.60. The zero-order chi connectivity index (χ0) is 25.0. The van der Waals surface area contributed by atoms with Crippen LogP contribution in [-0.4, -0.2) is 21.3 Å². The van der Waals surface area contributed by atoms with Crippen LogP contribution in [0.25, 0.3) is 5.57 Å². The van der Waals surface area contributed by atoms with E-state index in [0.717, 1.165) is 50.1 Å². The van der Waals surface area contributed by atoms with Gasteiger partial charge in [-0.25, -0.2) is 0 Å². The molecule has 0 spiro atoms. The Morgan fingerprint density at radius 1 is 0.939 bits per heavy atom. The molecule has 6 nitrogen and oxygen atoms in total. The minimum Gasteiger partial charge on any atom is -0.384 e. The van der Waals surface area contributed by atoms with Crippen molar-refractivity contribution in [1.29, 1.82) is 10.8 Å². The van der Waals surface area contributed by atoms with E-state index in [1.54, 1.807) is 0 Å². The molecule has 0 saturated heterocycles. The second kappa shape index (κ2) is 11.0. The van der Waals surface area contributed by atoms with E-state index in [1.165, 1.54) is 0 Å². The van der Waals surface area contributed by atoms with Gasteiger partial charge < -0.3 is 11.1 Å². The molecule has 2 aromatic carbocycles. The lowest BCUT2D eigenvalue weighted by atomic mass is 9.85. The highest BCUT2D eigenvalue weighted by molar-refractivity contribution is 7.30. The van der Waals surface area contributed by atoms with E-state index in [2.05, 4.69) is 0 Å². The van der Waals surface area contributed by atoms with Gasteiger partial charge in [-0.05, 0) is 91.0 Å². The Bertz CT molecular complexity index is 1190. The number of hydrogen-bond donors (Lipinski definition) is 5. The van der Waals surface area contributed by atoms with Gasteiger partial charge in [0.05, 0.1) is 5.71 Å². The van der Waals surface area contributed by atoms with Crippen LogP contribution in [0.5, 0.6) is 0 Å². The van der Waals surface area contributed by atoms with Gasteiger partial charge in [0.1, 0.15) is 5.84 Å². The molecular weight excluding hydrogens is 480 g/mol. The quantitative estimate of drug-likeness (QED) is 0.192. The maximum absolute atomic E-state index is 8.70. The van der Waals surface area contributed by atoms with Crippen molar-refractivity contribution in [3.8, 4) is 0 Å². The number of allylic oxidation sites excluding steroid dienone is 5. The number of hydrogen-bond acceptors (Lipinski definition) is 3. The van der Waals surface area contributed by atoms with Gasteiger partial charge in [-0.15, -0.1) is 9.79 Å². The summed E-state index contributed by atoms with van der Waals surface area (Å²) < 4.78 is 8.70. The van der Waals surface area contributed by atoms with Crippen LogP contribution in [0.2, 0.25) is 10.0 Å². The topological polar surface area (TPSA) is 131 Å². The normalized spacial score (nSPS) is 13.0. The third kappa shape index (κ3) is 6.26. The fourth-order valence-corrected chi connectivity index (χ4v) is 4.42. The largest absolute Gasteiger partial charge is 0.692 e. The molecule has 1 aliphatic rings. The molecular formula is C24H25Cl2N3O3P+. The lowest BCUT2D eigenvalue weighted by Crippen LogP contribution is -2.15. The summed E-state index contributed by atoms with van der Waals surface area (Å²) in [6, 6.07) is 9.50. The summed E-state index contributed by atoms with van der Waals surface area (Å²) in [5, 5.41) is 17.2. The lowest BCUT2D eigenvalue weighted by molar-refractivity contribution is 0.405. The van der Waals surface area contributed by atoms with Crippen molar-refractivity contribution in [3.05, 3.63) is 97.1 Å². The van der Waals surface area contributed by atoms with Crippen LogP contribution in [0.4, 0.5) is 0 Å². The number of nitrogen functional groups attached to an aromatic ring is 1. The molecule has 0 fully saturated rings. The number of halogens is 2. The Kier molecular flexibility index (Phi) is 8.89. The van der Waals surface area contributed by atoms with Crippen molar-refractivity contribution in [3.63, 3.8) is 0 Å². The zero-order valence-corrected chi connectivity index (χ0v) is 21.0. The van der Waals surface area contributed by atoms with Crippen molar-refractivity contribution in [2.45, 2.75) is 27.7 Å². The molecule has 0 radical (unpaired) electrons. The minimum absolute atomic E-state index is 0.0501. The van der Waals surface area contributed by atoms with Crippen LogP contribution in [0.3, 0.4) is 0 Å². The summed E-state index contributed by atoms with van der Waals surface area (Å²) in [7, 11) is -2.87. The van der Waals surface area contributed by atoms with E-state index in [0.29, 0.717) is 15.8 Å². The number of nitrogens with one attached hydrogen (secondary N) is 2. The molecule has 0 aliphatic heterocycles. The van der Waals surface area contributed by atoms with Gasteiger partial charge in [-0.3, -0.25) is 5.41 Å². The molecule has 0 amide bonds. The molecule has 0 bridgehead atoms. The Labute approximate surface area is 204 Å². The smallest absolute Gasteiger partial charge is 0.384 e. The fourth-order valence-electron chi connectivity index (χ4n) is 3.83. The summed E-state index contributed by atoms with van der Waals surface area (Å²) >= 11 is 13.2. The van der Waals surface area contributed by atoms with Gasteiger partial charge >= 0.3 is 8.25 Å². The van der Waals surface area contributed by atoms with Crippen LogP contribution < -0.4 is 5.73 Å². The summed E-state index contributed by atoms with van der Waals surface area (Å²) in [5.74, 6) is 0.0501. The van der Waals surface area contributed by atoms with Crippen LogP contribution in [-0.2, 0) is 4.57 Å². The SMILES string of the molecule is CC1=CC(=C(c2cc(C)c(C(=N)N)c(C)c2)c2c(Cl)cccc2Cl)C=C(C)C1=N.O=[P+](O)O. The summed E-state index contributed by atoms with van der Waals surface area (Å²) in [5.41, 5.74) is 14.2. The van der Waals surface area contributed by atoms with Crippen LogP contribution in [0, 0.1) is 24.7 Å². The molecule has 1 aliphatic carbocycles. The first-order chi connectivity index (χ1) is 15.3. The van der Waals surface area contributed by atoms with Crippen LogP contribution in [0.15, 0.2) is 59.2 Å². The standard InChI is InChI=1S/C24H23Cl2N3.HO3P/c1-12-8-16(9-13(2)20(12)24(28)29)21(22-18(25)6-5-7-19(22)26)17-10-14(3)23(27)15(4)11-17;1-4(2)3/h5-11,27H,1-4H3,(H3,28,29);(H-,1,2,3)/p+1. The number of nitrogens with two attached hydrogens (primary N) is 1. The second-order valence-corrected chi connectivity index (χ2v) is 8.93. The first-order valence-electron chi connectivity index (χ1n) is 9.80. The molecule has 9 heteroatoms. The van der Waals surface area contributed by atoms with Crippen molar-refractivity contribution >= 4 is 48.6 Å². The minimum atomic E-state index is -2.87. The Balaban J connectivity index is 0.000000890. The van der Waals surface area contributed by atoms with E-state index in [1.807, 2.05) is 70.2 Å². The average molecular weight is 505 g/mol. The monoisotopic (exact) mass is 504 g/mol. The van der Waals surface area contributed by atoms with Gasteiger partial charge in [0.2, 0.25) is 0 Å². The first kappa shape index (κ1) is 26.7. The molecule has 6 N–H and O–H groups in total. The van der Waals surface area contributed by atoms with E-state index in [4.69, 9.17) is 54.1 Å². The fraction of sp³-hybridized carbons (Fsp3) is 0.167. The highest BCUT2D eigenvalue weighted by Crippen LogP contribution is 2.40. The van der Waals surface area contributed by atoms with E-state index >= 15 is 0 Å². The average Bonchev–Trinajstić information content (AvgIpc) is 2.67. The Morgan fingerprint density at radius 2 is 1.36 bits per heavy atom. The molecule has 2 aromatic rings. The molecule has 0 atom stereocenters. The number of benzene rings is 2. The zero-order valence-electron chi connectivity index (χ0n) is 18.6. The van der Waals surface area contributed by atoms with Crippen LogP contribution >= 0.6 is 31.5 Å². The summed E-state index contributed by atoms with van der Waals surface area (Å²) in [6.45, 7) is 7.75. The van der Waals surface area contributed by atoms with Crippen molar-refractivity contribution in [2.75, 3.05) is 0 Å². The number of amidine groups is 1. The third-order valence-electron chi connectivity index (χ3n) is 5.12. The van der Waals surface area contributed by atoms with E-state index in [9.17, 15) is 0 Å². The third-order valence-corrected chi connectivity index (χ3v) is 5.75. The van der Waals surface area contributed by atoms with Crippen molar-refractivity contribution in [2.24, 2.45) is 5.73 Å². The lowest BCUT2D eigenvalue weighted by Gasteiger charge is -2.21. The molecule has 0 unspecified atom stereocenters. The summed E-state index contributed by atoms with van der Waals surface area (Å²) in [6.07, 6.45) is 3.99. The maximum Gasteiger partial charge on any atom is 0.692 e. The molecule has 33 heavy (non-hydrogen) atoms. The van der Waals surface area contributed by atoms with Gasteiger partial charge in [0.15, 0.2) is 0 Å². The van der Waals surface area contributed by atoms with Crippen molar-refractivity contribution < 1.29 is 14.4 Å². The van der Waals surface area contributed by atoms with Gasteiger partial charge in [0, 0.05) is 25.7 Å². The first-order valence-corrected chi connectivity index (χ1v) is 11.7. The molecule has 3 rings (SSSR count). The summed E-state index contributed by atoms with van der Waals surface area (Å²) in [4.78, 5) is 14.2. The highest BCUT2D eigenvalue weighted by Gasteiger charge is 2.21. The Morgan fingerprint density at radius 3 is 1.76 bits per heavy atom. The van der Waals surface area contributed by atoms with Gasteiger partial charge in [-0.1, -0.05) is 41.4 Å². The second-order valence-electron chi connectivity index (χ2n) is 7.61. The molecule has 0 aromatic heterocycles. The molecule has 172 valence electrons. The number of aryl methyl sites for hydroxylation is 2. The predicted octanol–water partition coefficient (Wildman–Crippen LogP) is 6.25. The van der Waals surface area contributed by atoms with E-state index < -0.39 is 8.25 Å². The van der Waals surface area contributed by atoms with Crippen LogP contribution in [0.1, 0.15) is 41.7 Å².